The molecule has 9 heteroatoms. The van der Waals surface area contributed by atoms with Gasteiger partial charge in [-0.15, -0.1) is 0 Å². The predicted octanol–water partition coefficient (Wildman–Crippen LogP) is 4.85. The van der Waals surface area contributed by atoms with Crippen molar-refractivity contribution >= 4 is 35.3 Å². The zero-order chi connectivity index (χ0) is 26.1. The quantitative estimate of drug-likeness (QED) is 0.472. The van der Waals surface area contributed by atoms with Crippen LogP contribution in [0.2, 0.25) is 0 Å². The van der Waals surface area contributed by atoms with E-state index in [1.807, 2.05) is 38.1 Å². The molecule has 1 amide bonds. The number of primary amides is 1. The SMILES string of the molecule is CC.CC1CCCCN1c1nc(C=N)c(C(N)=O)c(Nc2ccc(N3CCC(CC#N)CC3)cc2)n1. The first-order chi connectivity index (χ1) is 17.5. The van der Waals surface area contributed by atoms with E-state index in [0.717, 1.165) is 62.9 Å². The average Bonchev–Trinajstić information content (AvgIpc) is 2.90. The zero-order valence-corrected chi connectivity index (χ0v) is 21.6. The number of nitrogens with two attached hydrogens (primary N) is 1. The van der Waals surface area contributed by atoms with E-state index in [1.54, 1.807) is 0 Å². The van der Waals surface area contributed by atoms with E-state index in [-0.39, 0.29) is 17.3 Å². The van der Waals surface area contributed by atoms with Gasteiger partial charge < -0.3 is 26.3 Å². The fourth-order valence-corrected chi connectivity index (χ4v) is 4.84. The lowest BCUT2D eigenvalue weighted by Crippen LogP contribution is -2.39. The minimum absolute atomic E-state index is 0.118. The molecular weight excluding hydrogens is 452 g/mol. The molecule has 192 valence electrons. The summed E-state index contributed by atoms with van der Waals surface area (Å²) in [5, 5.41) is 20.0. The molecule has 4 rings (SSSR count). The highest BCUT2D eigenvalue weighted by Crippen LogP contribution is 2.29. The van der Waals surface area contributed by atoms with Crippen LogP contribution >= 0.6 is 0 Å². The van der Waals surface area contributed by atoms with E-state index in [1.165, 1.54) is 6.42 Å². The number of hydrogen-bond acceptors (Lipinski definition) is 8. The summed E-state index contributed by atoms with van der Waals surface area (Å²) in [5.74, 6) is 0.650. The number of piperidine rings is 2. The Hall–Kier alpha value is -3.67. The summed E-state index contributed by atoms with van der Waals surface area (Å²) < 4.78 is 0. The first kappa shape index (κ1) is 26.9. The molecule has 0 spiro atoms. The molecule has 1 unspecified atom stereocenters. The maximum Gasteiger partial charge on any atom is 0.254 e. The van der Waals surface area contributed by atoms with Crippen LogP contribution in [-0.2, 0) is 0 Å². The summed E-state index contributed by atoms with van der Waals surface area (Å²) in [6.07, 6.45) is 7.03. The summed E-state index contributed by atoms with van der Waals surface area (Å²) in [7, 11) is 0. The molecule has 2 aliphatic heterocycles. The molecule has 0 saturated carbocycles. The van der Waals surface area contributed by atoms with Crippen LogP contribution in [0.3, 0.4) is 0 Å². The van der Waals surface area contributed by atoms with Gasteiger partial charge >= 0.3 is 0 Å². The van der Waals surface area contributed by atoms with E-state index in [9.17, 15) is 4.79 Å². The number of nitrogens with zero attached hydrogens (tertiary/aromatic N) is 5. The van der Waals surface area contributed by atoms with Gasteiger partial charge in [0.05, 0.1) is 6.07 Å². The molecule has 0 aliphatic carbocycles. The Labute approximate surface area is 214 Å². The van der Waals surface area contributed by atoms with E-state index >= 15 is 0 Å². The van der Waals surface area contributed by atoms with Crippen LogP contribution in [-0.4, -0.2) is 47.8 Å². The summed E-state index contributed by atoms with van der Waals surface area (Å²) >= 11 is 0. The van der Waals surface area contributed by atoms with Gasteiger partial charge in [0.15, 0.2) is 0 Å². The number of nitrogens with one attached hydrogen (secondary N) is 2. The lowest BCUT2D eigenvalue weighted by atomic mass is 9.94. The number of hydrogen-bond donors (Lipinski definition) is 3. The van der Waals surface area contributed by atoms with Crippen molar-refractivity contribution in [3.05, 3.63) is 35.5 Å². The molecule has 3 heterocycles. The maximum atomic E-state index is 12.2. The maximum absolute atomic E-state index is 12.2. The molecule has 0 radical (unpaired) electrons. The van der Waals surface area contributed by atoms with Gasteiger partial charge in [0.25, 0.3) is 5.91 Å². The van der Waals surface area contributed by atoms with Crippen molar-refractivity contribution in [2.45, 2.75) is 65.3 Å². The van der Waals surface area contributed by atoms with Crippen LogP contribution in [0.1, 0.15) is 75.3 Å². The Bertz CT molecular complexity index is 1070. The molecule has 2 aromatic rings. The molecule has 1 aromatic heterocycles. The molecule has 1 aromatic carbocycles. The van der Waals surface area contributed by atoms with Crippen molar-refractivity contribution in [2.75, 3.05) is 34.8 Å². The Morgan fingerprint density at radius 2 is 1.86 bits per heavy atom. The molecule has 4 N–H and O–H groups in total. The van der Waals surface area contributed by atoms with Crippen molar-refractivity contribution in [2.24, 2.45) is 11.7 Å². The van der Waals surface area contributed by atoms with Crippen LogP contribution in [0.4, 0.5) is 23.1 Å². The second-order valence-corrected chi connectivity index (χ2v) is 9.14. The number of anilines is 4. The summed E-state index contributed by atoms with van der Waals surface area (Å²) in [5.41, 5.74) is 7.89. The molecule has 36 heavy (non-hydrogen) atoms. The standard InChI is InChI=1S/C25H32N8O.C2H6/c1-17-4-2-3-13-33(17)25-30-21(16-27)22(23(28)34)24(31-25)29-19-5-7-20(8-6-19)32-14-10-18(9-12-26)11-15-32;1-2/h5-8,16-18,27H,2-4,9-11,13-15H2,1H3,(H2,28,34)(H,29,30,31);1-2H3. The van der Waals surface area contributed by atoms with E-state index < -0.39 is 5.91 Å². The van der Waals surface area contributed by atoms with Crippen LogP contribution in [0.5, 0.6) is 0 Å². The van der Waals surface area contributed by atoms with Gasteiger partial charge in [-0.2, -0.15) is 10.2 Å². The number of carbonyl (C=O) groups excluding carboxylic acids is 1. The van der Waals surface area contributed by atoms with Crippen LogP contribution in [0, 0.1) is 22.7 Å². The number of amides is 1. The van der Waals surface area contributed by atoms with Crippen molar-refractivity contribution < 1.29 is 4.79 Å². The summed E-state index contributed by atoms with van der Waals surface area (Å²) in [4.78, 5) is 25.9. The van der Waals surface area contributed by atoms with Crippen LogP contribution in [0.15, 0.2) is 24.3 Å². The van der Waals surface area contributed by atoms with Crippen molar-refractivity contribution in [3.63, 3.8) is 0 Å². The molecule has 2 saturated heterocycles. The Morgan fingerprint density at radius 1 is 1.17 bits per heavy atom. The average molecular weight is 491 g/mol. The van der Waals surface area contributed by atoms with Gasteiger partial charge in [0, 0.05) is 49.7 Å². The topological polar surface area (TPSA) is 135 Å². The lowest BCUT2D eigenvalue weighted by molar-refractivity contribution is 0.100. The Morgan fingerprint density at radius 3 is 2.44 bits per heavy atom. The molecular formula is C27H38N8O. The van der Waals surface area contributed by atoms with E-state index in [4.69, 9.17) is 16.4 Å². The van der Waals surface area contributed by atoms with Gasteiger partial charge in [-0.1, -0.05) is 13.8 Å². The zero-order valence-electron chi connectivity index (χ0n) is 21.6. The molecule has 2 aliphatic rings. The first-order valence-electron chi connectivity index (χ1n) is 13.0. The summed E-state index contributed by atoms with van der Waals surface area (Å²) in [6, 6.07) is 10.6. The van der Waals surface area contributed by atoms with Gasteiger partial charge in [0.2, 0.25) is 5.95 Å². The minimum atomic E-state index is -0.670. The number of benzene rings is 1. The highest BCUT2D eigenvalue weighted by molar-refractivity contribution is 6.04. The van der Waals surface area contributed by atoms with Gasteiger partial charge in [0.1, 0.15) is 17.1 Å². The second-order valence-electron chi connectivity index (χ2n) is 9.14. The Kier molecular flexibility index (Phi) is 9.62. The molecule has 2 fully saturated rings. The van der Waals surface area contributed by atoms with Crippen LogP contribution in [0.25, 0.3) is 0 Å². The van der Waals surface area contributed by atoms with Gasteiger partial charge in [-0.3, -0.25) is 4.79 Å². The summed E-state index contributed by atoms with van der Waals surface area (Å²) in [6.45, 7) is 8.87. The fraction of sp³-hybridized carbons (Fsp3) is 0.519. The largest absolute Gasteiger partial charge is 0.372 e. The highest BCUT2D eigenvalue weighted by Gasteiger charge is 2.25. The normalized spacial score (nSPS) is 18.0. The third kappa shape index (κ3) is 6.30. The third-order valence-corrected chi connectivity index (χ3v) is 6.86. The second kappa shape index (κ2) is 12.9. The lowest BCUT2D eigenvalue weighted by Gasteiger charge is -2.34. The number of rotatable bonds is 7. The predicted molar refractivity (Wildman–Crippen MR) is 145 cm³/mol. The first-order valence-corrected chi connectivity index (χ1v) is 13.0. The number of nitriles is 1. The van der Waals surface area contributed by atoms with Gasteiger partial charge in [-0.25, -0.2) is 4.98 Å². The minimum Gasteiger partial charge on any atom is -0.372 e. The number of aromatic nitrogens is 2. The monoisotopic (exact) mass is 490 g/mol. The molecule has 9 nitrogen and oxygen atoms in total. The fourth-order valence-electron chi connectivity index (χ4n) is 4.84. The Balaban J connectivity index is 0.00000176. The smallest absolute Gasteiger partial charge is 0.254 e. The highest BCUT2D eigenvalue weighted by atomic mass is 16.1. The van der Waals surface area contributed by atoms with Crippen LogP contribution < -0.4 is 20.9 Å². The van der Waals surface area contributed by atoms with E-state index in [2.05, 4.69) is 38.1 Å². The number of carbonyl (C=O) groups is 1. The van der Waals surface area contributed by atoms with Crippen molar-refractivity contribution in [1.82, 2.24) is 9.97 Å². The van der Waals surface area contributed by atoms with E-state index in [0.29, 0.717) is 24.1 Å². The molecule has 0 bridgehead atoms. The van der Waals surface area contributed by atoms with Gasteiger partial charge in [-0.05, 0) is 69.2 Å². The molecule has 1 atom stereocenters. The third-order valence-electron chi connectivity index (χ3n) is 6.86. The van der Waals surface area contributed by atoms with Crippen molar-refractivity contribution in [1.29, 1.82) is 10.7 Å². The van der Waals surface area contributed by atoms with Crippen molar-refractivity contribution in [3.8, 4) is 6.07 Å².